The summed E-state index contributed by atoms with van der Waals surface area (Å²) < 4.78 is 21.8. The summed E-state index contributed by atoms with van der Waals surface area (Å²) in [5.74, 6) is 1.85. The Bertz CT molecular complexity index is 1490. The fourth-order valence-electron chi connectivity index (χ4n) is 6.21. The number of hydrogen-bond acceptors (Lipinski definition) is 14. The van der Waals surface area contributed by atoms with E-state index in [1.165, 1.54) is 89.2 Å². The van der Waals surface area contributed by atoms with Gasteiger partial charge in [-0.25, -0.2) is 0 Å². The smallest absolute Gasteiger partial charge is 0.488 e. The largest absolute Gasteiger partial charge is 0.504 e. The van der Waals surface area contributed by atoms with Gasteiger partial charge in [0.05, 0.1) is 65.9 Å². The number of ether oxygens (including phenoxy) is 4. The van der Waals surface area contributed by atoms with Crippen molar-refractivity contribution >= 4 is 62.1 Å². The van der Waals surface area contributed by atoms with E-state index >= 15 is 0 Å². The number of rotatable bonds is 41. The van der Waals surface area contributed by atoms with Gasteiger partial charge < -0.3 is 49.8 Å². The Morgan fingerprint density at radius 1 is 0.508 bits per heavy atom. The third kappa shape index (κ3) is 38.6. The Balaban J connectivity index is 0.000000650. The molecule has 0 aliphatic carbocycles. The van der Waals surface area contributed by atoms with Crippen molar-refractivity contribution in [1.82, 2.24) is 10.6 Å². The van der Waals surface area contributed by atoms with Gasteiger partial charge in [-0.05, 0) is 72.0 Å². The molecular formula is C48H81BN4O10S2. The molecular weight excluding hydrogens is 867 g/mol. The fourth-order valence-corrected chi connectivity index (χ4v) is 6.66. The van der Waals surface area contributed by atoms with Crippen LogP contribution in [0.2, 0.25) is 0 Å². The molecule has 2 rings (SSSR count). The van der Waals surface area contributed by atoms with Crippen LogP contribution in [0, 0.1) is 0 Å². The molecule has 0 bridgehead atoms. The Morgan fingerprint density at radius 2 is 0.892 bits per heavy atom. The maximum absolute atomic E-state index is 11.8. The van der Waals surface area contributed by atoms with Crippen molar-refractivity contribution in [1.29, 1.82) is 0 Å². The van der Waals surface area contributed by atoms with E-state index in [0.29, 0.717) is 103 Å². The highest BCUT2D eigenvalue weighted by atomic mass is 32.1. The number of phenolic OH excluding ortho intramolecular Hbond substituents is 2. The average Bonchev–Trinajstić information content (AvgIpc) is 3.30. The maximum atomic E-state index is 11.8. The number of amides is 2. The Hall–Kier alpha value is -3.16. The second-order valence-corrected chi connectivity index (χ2v) is 16.5. The molecule has 17 heteroatoms. The van der Waals surface area contributed by atoms with Gasteiger partial charge in [0, 0.05) is 38.4 Å². The zero-order chi connectivity index (χ0) is 47.3. The van der Waals surface area contributed by atoms with Gasteiger partial charge in [0.1, 0.15) is 0 Å². The number of unbranched alkanes of at least 4 members (excludes halogenated alkanes) is 14. The lowest BCUT2D eigenvalue weighted by atomic mass is 9.80. The summed E-state index contributed by atoms with van der Waals surface area (Å²) in [4.78, 5) is 32.1. The molecule has 0 aliphatic rings. The first-order valence-corrected chi connectivity index (χ1v) is 25.1. The number of carbonyl (C=O) groups is 2. The van der Waals surface area contributed by atoms with Gasteiger partial charge in [0.2, 0.25) is 11.8 Å². The first-order chi connectivity index (χ1) is 31.8. The van der Waals surface area contributed by atoms with Crippen LogP contribution in [-0.4, -0.2) is 142 Å². The fraction of sp³-hybridized carbons (Fsp3) is 0.667. The Kier molecular flexibility index (Phi) is 41.1. The van der Waals surface area contributed by atoms with Crippen LogP contribution in [0.25, 0.3) is 0 Å². The number of nitrogens with one attached hydrogen (secondary N) is 2. The van der Waals surface area contributed by atoms with Crippen LogP contribution in [-0.2, 0) is 28.5 Å². The molecule has 0 spiro atoms. The third-order valence-electron chi connectivity index (χ3n) is 9.95. The van der Waals surface area contributed by atoms with E-state index in [9.17, 15) is 19.8 Å². The topological polar surface area (TPSA) is 201 Å². The van der Waals surface area contributed by atoms with Crippen molar-refractivity contribution in [3.05, 3.63) is 53.6 Å². The SMILES string of the molecule is O=C(CCCCCCCCCCS)NCCOCCOCCN=Cc1ccc(B(O)O)cc1.O=C(CCCCCCCCCCS)NCCOCCOCCN=Cc1ccc(O)c(O)c1. The number of benzene rings is 2. The van der Waals surface area contributed by atoms with Gasteiger partial charge in [-0.1, -0.05) is 101 Å². The maximum Gasteiger partial charge on any atom is 0.488 e. The van der Waals surface area contributed by atoms with Crippen molar-refractivity contribution in [3.8, 4) is 11.5 Å². The molecule has 0 unspecified atom stereocenters. The van der Waals surface area contributed by atoms with Crippen LogP contribution >= 0.6 is 25.3 Å². The Labute approximate surface area is 401 Å². The van der Waals surface area contributed by atoms with Gasteiger partial charge >= 0.3 is 7.12 Å². The normalized spacial score (nSPS) is 11.3. The van der Waals surface area contributed by atoms with E-state index in [0.717, 1.165) is 42.8 Å². The molecule has 0 heterocycles. The molecule has 2 amide bonds. The lowest BCUT2D eigenvalue weighted by Crippen LogP contribution is -2.29. The minimum Gasteiger partial charge on any atom is -0.504 e. The van der Waals surface area contributed by atoms with Crippen LogP contribution in [0.1, 0.15) is 127 Å². The van der Waals surface area contributed by atoms with E-state index in [2.05, 4.69) is 45.9 Å². The molecule has 14 nitrogen and oxygen atoms in total. The number of hydrogen-bond donors (Lipinski definition) is 8. The predicted molar refractivity (Wildman–Crippen MR) is 271 cm³/mol. The first kappa shape index (κ1) is 59.9. The summed E-state index contributed by atoms with van der Waals surface area (Å²) in [6.45, 7) is 5.92. The predicted octanol–water partition coefficient (Wildman–Crippen LogP) is 6.48. The average molecular weight is 949 g/mol. The minimum absolute atomic E-state index is 0.0958. The summed E-state index contributed by atoms with van der Waals surface area (Å²) in [5, 5.41) is 42.6. The second-order valence-electron chi connectivity index (χ2n) is 15.6. The molecule has 0 saturated heterocycles. The number of carbonyl (C=O) groups excluding carboxylic acids is 2. The van der Waals surface area contributed by atoms with Crippen LogP contribution < -0.4 is 16.1 Å². The number of thiol groups is 2. The van der Waals surface area contributed by atoms with E-state index in [1.54, 1.807) is 42.8 Å². The molecule has 0 saturated carbocycles. The van der Waals surface area contributed by atoms with Crippen LogP contribution in [0.4, 0.5) is 0 Å². The Morgan fingerprint density at radius 3 is 1.31 bits per heavy atom. The number of aromatic hydroxyl groups is 2. The van der Waals surface area contributed by atoms with Gasteiger partial charge in [-0.2, -0.15) is 25.3 Å². The van der Waals surface area contributed by atoms with Crippen LogP contribution in [0.5, 0.6) is 11.5 Å². The summed E-state index contributed by atoms with van der Waals surface area (Å²) >= 11 is 8.44. The van der Waals surface area contributed by atoms with Gasteiger partial charge in [0.25, 0.3) is 0 Å². The lowest BCUT2D eigenvalue weighted by Gasteiger charge is -2.07. The zero-order valence-electron chi connectivity index (χ0n) is 38.9. The minimum atomic E-state index is -1.45. The van der Waals surface area contributed by atoms with Crippen molar-refractivity contribution in [2.24, 2.45) is 9.98 Å². The van der Waals surface area contributed by atoms with E-state index in [-0.39, 0.29) is 23.3 Å². The van der Waals surface area contributed by atoms with Crippen LogP contribution in [0.15, 0.2) is 52.4 Å². The molecule has 2 aromatic rings. The molecule has 0 aliphatic heterocycles. The molecule has 0 radical (unpaired) electrons. The van der Waals surface area contributed by atoms with Gasteiger partial charge in [0.15, 0.2) is 11.5 Å². The van der Waals surface area contributed by atoms with Crippen molar-refractivity contribution < 1.29 is 48.8 Å². The van der Waals surface area contributed by atoms with E-state index < -0.39 is 7.12 Å². The standard InChI is InChI=1S/C24H41BN2O5S.C24H40N2O5S/c28-24(9-7-5-3-1-2-4-6-8-20-33)27-15-17-32-19-18-31-16-14-26-21-22-10-12-23(13-11-22)25(29)30;27-22-11-10-21(19-23(22)28)20-25-12-14-30-16-17-31-15-13-26-24(29)9-7-5-3-1-2-4-6-8-18-32/h10-13,21,29-30,33H,1-9,14-20H2,(H,27,28);10-11,19-20,27-28,32H,1-9,12-18H2,(H,26,29). The monoisotopic (exact) mass is 949 g/mol. The summed E-state index contributed by atoms with van der Waals surface area (Å²) in [5.41, 5.74) is 2.05. The molecule has 6 N–H and O–H groups in total. The summed E-state index contributed by atoms with van der Waals surface area (Å²) in [6.07, 6.45) is 23.8. The van der Waals surface area contributed by atoms with Crippen molar-refractivity contribution in [2.75, 3.05) is 90.5 Å². The summed E-state index contributed by atoms with van der Waals surface area (Å²) in [6, 6.07) is 11.4. The van der Waals surface area contributed by atoms with Gasteiger partial charge in [-0.3, -0.25) is 19.6 Å². The second kappa shape index (κ2) is 44.7. The third-order valence-corrected chi connectivity index (χ3v) is 10.6. The van der Waals surface area contributed by atoms with Crippen molar-refractivity contribution in [3.63, 3.8) is 0 Å². The van der Waals surface area contributed by atoms with E-state index in [1.807, 2.05) is 0 Å². The summed E-state index contributed by atoms with van der Waals surface area (Å²) in [7, 11) is -1.45. The highest BCUT2D eigenvalue weighted by Crippen LogP contribution is 2.24. The van der Waals surface area contributed by atoms with E-state index in [4.69, 9.17) is 29.0 Å². The first-order valence-electron chi connectivity index (χ1n) is 23.8. The molecule has 65 heavy (non-hydrogen) atoms. The van der Waals surface area contributed by atoms with Crippen LogP contribution in [0.3, 0.4) is 0 Å². The number of aliphatic imine (C=N–C) groups is 2. The highest BCUT2D eigenvalue weighted by molar-refractivity contribution is 7.80. The highest BCUT2D eigenvalue weighted by Gasteiger charge is 2.09. The zero-order valence-corrected chi connectivity index (χ0v) is 40.7. The molecule has 368 valence electrons. The molecule has 0 aromatic heterocycles. The lowest BCUT2D eigenvalue weighted by molar-refractivity contribution is -0.122. The van der Waals surface area contributed by atoms with Gasteiger partial charge in [-0.15, -0.1) is 0 Å². The quantitative estimate of drug-likeness (QED) is 0.0120. The molecule has 0 atom stereocenters. The molecule has 0 fully saturated rings. The number of phenols is 2. The number of nitrogens with zero attached hydrogens (tertiary/aromatic N) is 2. The molecule has 2 aromatic carbocycles. The van der Waals surface area contributed by atoms with Crippen molar-refractivity contribution in [2.45, 2.75) is 116 Å².